The molecule has 0 aliphatic carbocycles. The van der Waals surface area contributed by atoms with E-state index < -0.39 is 15.6 Å². The van der Waals surface area contributed by atoms with Gasteiger partial charge in [-0.05, 0) is 45.7 Å². The average molecular weight is 264 g/mol. The molecule has 102 valence electrons. The molecule has 0 aromatic heterocycles. The van der Waals surface area contributed by atoms with Crippen molar-refractivity contribution in [3.63, 3.8) is 0 Å². The number of nitrogens with one attached hydrogen (secondary N) is 1. The maximum absolute atomic E-state index is 12.2. The first-order valence-corrected chi connectivity index (χ1v) is 7.69. The van der Waals surface area contributed by atoms with E-state index in [2.05, 4.69) is 5.32 Å². The second kappa shape index (κ2) is 5.65. The summed E-state index contributed by atoms with van der Waals surface area (Å²) in [5.41, 5.74) is -0.735. The van der Waals surface area contributed by atoms with E-state index in [4.69, 9.17) is 0 Å². The number of hydrogen-bond acceptors (Lipinski definition) is 4. The van der Waals surface area contributed by atoms with Gasteiger partial charge in [0.05, 0.1) is 17.9 Å². The second-order valence-electron chi connectivity index (χ2n) is 5.43. The van der Waals surface area contributed by atoms with E-state index in [0.29, 0.717) is 0 Å². The molecule has 0 aromatic rings. The SMILES string of the molecule is CN(C(C)(C)CO)S(=O)(=O)CC1CCCNC1. The third-order valence-electron chi connectivity index (χ3n) is 3.50. The van der Waals surface area contributed by atoms with Gasteiger partial charge in [0, 0.05) is 7.05 Å². The van der Waals surface area contributed by atoms with Crippen molar-refractivity contribution >= 4 is 10.0 Å². The quantitative estimate of drug-likeness (QED) is 0.734. The Labute approximate surface area is 104 Å². The monoisotopic (exact) mass is 264 g/mol. The number of hydrogen-bond donors (Lipinski definition) is 2. The highest BCUT2D eigenvalue weighted by Gasteiger charge is 2.34. The van der Waals surface area contributed by atoms with E-state index in [1.54, 1.807) is 20.9 Å². The van der Waals surface area contributed by atoms with Crippen LogP contribution < -0.4 is 5.32 Å². The molecule has 1 heterocycles. The molecular weight excluding hydrogens is 240 g/mol. The molecule has 0 aromatic carbocycles. The van der Waals surface area contributed by atoms with Crippen LogP contribution in [0.2, 0.25) is 0 Å². The Morgan fingerprint density at radius 2 is 2.12 bits per heavy atom. The molecule has 1 saturated heterocycles. The maximum Gasteiger partial charge on any atom is 0.214 e. The van der Waals surface area contributed by atoms with Crippen LogP contribution in [0.3, 0.4) is 0 Å². The van der Waals surface area contributed by atoms with Crippen molar-refractivity contribution in [3.8, 4) is 0 Å². The van der Waals surface area contributed by atoms with Crippen molar-refractivity contribution in [1.29, 1.82) is 0 Å². The van der Waals surface area contributed by atoms with Gasteiger partial charge in [0.25, 0.3) is 0 Å². The van der Waals surface area contributed by atoms with Gasteiger partial charge >= 0.3 is 0 Å². The first kappa shape index (κ1) is 14.9. The van der Waals surface area contributed by atoms with Crippen molar-refractivity contribution < 1.29 is 13.5 Å². The Kier molecular flexibility index (Phi) is 4.95. The third-order valence-corrected chi connectivity index (χ3v) is 5.72. The summed E-state index contributed by atoms with van der Waals surface area (Å²) >= 11 is 0. The van der Waals surface area contributed by atoms with Gasteiger partial charge in [-0.1, -0.05) is 0 Å². The first-order chi connectivity index (χ1) is 7.79. The zero-order valence-corrected chi connectivity index (χ0v) is 11.8. The number of nitrogens with zero attached hydrogens (tertiary/aromatic N) is 1. The Morgan fingerprint density at radius 1 is 1.47 bits per heavy atom. The highest BCUT2D eigenvalue weighted by molar-refractivity contribution is 7.89. The number of sulfonamides is 1. The molecule has 2 N–H and O–H groups in total. The molecule has 5 nitrogen and oxygen atoms in total. The number of piperidine rings is 1. The summed E-state index contributed by atoms with van der Waals surface area (Å²) in [6, 6.07) is 0. The molecule has 0 spiro atoms. The van der Waals surface area contributed by atoms with Gasteiger partial charge in [-0.3, -0.25) is 0 Å². The van der Waals surface area contributed by atoms with E-state index in [0.717, 1.165) is 25.9 Å². The van der Waals surface area contributed by atoms with Crippen LogP contribution in [0, 0.1) is 5.92 Å². The predicted octanol–water partition coefficient (Wildman–Crippen LogP) is 0.0185. The van der Waals surface area contributed by atoms with Gasteiger partial charge in [-0.2, -0.15) is 4.31 Å². The van der Waals surface area contributed by atoms with Gasteiger partial charge in [0.1, 0.15) is 0 Å². The van der Waals surface area contributed by atoms with Crippen LogP contribution in [0.15, 0.2) is 0 Å². The number of likely N-dealkylation sites (N-methyl/N-ethyl adjacent to an activating group) is 1. The second-order valence-corrected chi connectivity index (χ2v) is 7.47. The fourth-order valence-electron chi connectivity index (χ4n) is 1.95. The van der Waals surface area contributed by atoms with Crippen molar-refractivity contribution in [3.05, 3.63) is 0 Å². The van der Waals surface area contributed by atoms with Crippen LogP contribution in [0.25, 0.3) is 0 Å². The fraction of sp³-hybridized carbons (Fsp3) is 1.00. The van der Waals surface area contributed by atoms with Crippen LogP contribution in [0.4, 0.5) is 0 Å². The molecule has 6 heteroatoms. The highest BCUT2D eigenvalue weighted by Crippen LogP contribution is 2.20. The van der Waals surface area contributed by atoms with Gasteiger partial charge in [0.2, 0.25) is 10.0 Å². The topological polar surface area (TPSA) is 69.6 Å². The normalized spacial score (nSPS) is 23.0. The van der Waals surface area contributed by atoms with Gasteiger partial charge in [-0.25, -0.2) is 8.42 Å². The molecule has 0 saturated carbocycles. The minimum absolute atomic E-state index is 0.167. The maximum atomic E-state index is 12.2. The highest BCUT2D eigenvalue weighted by atomic mass is 32.2. The molecule has 1 rings (SSSR count). The van der Waals surface area contributed by atoms with E-state index in [1.807, 2.05) is 0 Å². The summed E-state index contributed by atoms with van der Waals surface area (Å²) in [6.07, 6.45) is 1.99. The van der Waals surface area contributed by atoms with Gasteiger partial charge < -0.3 is 10.4 Å². The molecule has 1 aliphatic heterocycles. The Hall–Kier alpha value is -0.170. The standard InChI is InChI=1S/C11H24N2O3S/c1-11(2,9-14)13(3)17(15,16)8-10-5-4-6-12-7-10/h10,12,14H,4-9H2,1-3H3. The molecule has 1 aliphatic rings. The summed E-state index contributed by atoms with van der Waals surface area (Å²) in [7, 11) is -1.75. The van der Waals surface area contributed by atoms with Crippen LogP contribution in [-0.4, -0.2) is 55.9 Å². The van der Waals surface area contributed by atoms with Crippen LogP contribution in [0.1, 0.15) is 26.7 Å². The molecule has 0 bridgehead atoms. The number of aliphatic hydroxyl groups excluding tert-OH is 1. The largest absolute Gasteiger partial charge is 0.394 e. The lowest BCUT2D eigenvalue weighted by Gasteiger charge is -2.34. The van der Waals surface area contributed by atoms with Crippen LogP contribution in [-0.2, 0) is 10.0 Å². The van der Waals surface area contributed by atoms with Crippen molar-refractivity contribution in [2.24, 2.45) is 5.92 Å². The average Bonchev–Trinajstić information content (AvgIpc) is 2.28. The first-order valence-electron chi connectivity index (χ1n) is 6.08. The molecule has 1 atom stereocenters. The molecule has 17 heavy (non-hydrogen) atoms. The van der Waals surface area contributed by atoms with Crippen LogP contribution >= 0.6 is 0 Å². The van der Waals surface area contributed by atoms with E-state index >= 15 is 0 Å². The van der Waals surface area contributed by atoms with Crippen molar-refractivity contribution in [2.45, 2.75) is 32.2 Å². The minimum Gasteiger partial charge on any atom is -0.394 e. The molecule has 0 radical (unpaired) electrons. The lowest BCUT2D eigenvalue weighted by Crippen LogP contribution is -2.50. The number of aliphatic hydroxyl groups is 1. The van der Waals surface area contributed by atoms with E-state index in [9.17, 15) is 13.5 Å². The summed E-state index contributed by atoms with van der Waals surface area (Å²) in [5.74, 6) is 0.352. The van der Waals surface area contributed by atoms with Crippen molar-refractivity contribution in [1.82, 2.24) is 9.62 Å². The van der Waals surface area contributed by atoms with Crippen LogP contribution in [0.5, 0.6) is 0 Å². The van der Waals surface area contributed by atoms with E-state index in [1.165, 1.54) is 4.31 Å². The summed E-state index contributed by atoms with van der Waals surface area (Å²) < 4.78 is 25.7. The summed E-state index contributed by atoms with van der Waals surface area (Å²) in [4.78, 5) is 0. The summed E-state index contributed by atoms with van der Waals surface area (Å²) in [6.45, 7) is 5.03. The fourth-order valence-corrected chi connectivity index (χ4v) is 3.87. The smallest absolute Gasteiger partial charge is 0.214 e. The zero-order chi connectivity index (χ0) is 13.1. The van der Waals surface area contributed by atoms with E-state index in [-0.39, 0.29) is 18.3 Å². The third kappa shape index (κ3) is 3.91. The van der Waals surface area contributed by atoms with Gasteiger partial charge in [0.15, 0.2) is 0 Å². The predicted molar refractivity (Wildman–Crippen MR) is 68.3 cm³/mol. The van der Waals surface area contributed by atoms with Gasteiger partial charge in [-0.15, -0.1) is 0 Å². The molecular formula is C11H24N2O3S. The lowest BCUT2D eigenvalue weighted by atomic mass is 10.0. The molecule has 1 fully saturated rings. The summed E-state index contributed by atoms with van der Waals surface area (Å²) in [5, 5.41) is 12.4. The number of rotatable bonds is 5. The minimum atomic E-state index is -3.30. The molecule has 1 unspecified atom stereocenters. The Morgan fingerprint density at radius 3 is 2.59 bits per heavy atom. The Balaban J connectivity index is 2.67. The lowest BCUT2D eigenvalue weighted by molar-refractivity contribution is 0.137. The van der Waals surface area contributed by atoms with Crippen molar-refractivity contribution in [2.75, 3.05) is 32.5 Å². The Bertz CT molecular complexity index is 335. The molecule has 0 amide bonds. The zero-order valence-electron chi connectivity index (χ0n) is 10.9.